The van der Waals surface area contributed by atoms with Crippen molar-refractivity contribution in [1.29, 1.82) is 0 Å². The zero-order valence-corrected chi connectivity index (χ0v) is 12.2. The van der Waals surface area contributed by atoms with Gasteiger partial charge in [0.25, 0.3) is 0 Å². The Morgan fingerprint density at radius 2 is 1.95 bits per heavy atom. The number of benzene rings is 1. The van der Waals surface area contributed by atoms with Gasteiger partial charge in [0.1, 0.15) is 24.1 Å². The van der Waals surface area contributed by atoms with E-state index in [1.807, 2.05) is 18.9 Å². The van der Waals surface area contributed by atoms with Gasteiger partial charge in [-0.25, -0.2) is 13.6 Å². The van der Waals surface area contributed by atoms with Gasteiger partial charge in [-0.3, -0.25) is 4.57 Å². The first-order valence-electron chi connectivity index (χ1n) is 6.86. The maximum atomic E-state index is 13.1. The van der Waals surface area contributed by atoms with Crippen LogP contribution in [0.25, 0.3) is 0 Å². The number of anilines is 1. The van der Waals surface area contributed by atoms with E-state index < -0.39 is 17.3 Å². The molecule has 0 N–H and O–H groups in total. The summed E-state index contributed by atoms with van der Waals surface area (Å²) in [6.07, 6.45) is 0. The van der Waals surface area contributed by atoms with Crippen LogP contribution in [0.15, 0.2) is 29.1 Å². The predicted octanol–water partition coefficient (Wildman–Crippen LogP) is 1.94. The highest BCUT2D eigenvalue weighted by molar-refractivity contribution is 5.45. The number of fused-ring (bicyclic) bond motifs is 1. The molecule has 0 fully saturated rings. The number of hydrogen-bond donors (Lipinski definition) is 0. The van der Waals surface area contributed by atoms with Crippen LogP contribution in [0.3, 0.4) is 0 Å². The molecule has 2 aromatic rings. The highest BCUT2D eigenvalue weighted by Gasteiger charge is 2.25. The van der Waals surface area contributed by atoms with Crippen molar-refractivity contribution in [2.75, 3.05) is 11.9 Å². The minimum atomic E-state index is -0.672. The lowest BCUT2D eigenvalue weighted by Gasteiger charge is -2.16. The number of halogens is 2. The first-order chi connectivity index (χ1) is 10.4. The molecule has 0 spiro atoms. The van der Waals surface area contributed by atoms with Crippen molar-refractivity contribution in [3.63, 3.8) is 0 Å². The number of likely N-dealkylation sites (N-methyl/N-ethyl adjacent to an activating group) is 1. The van der Waals surface area contributed by atoms with Crippen molar-refractivity contribution in [3.05, 3.63) is 51.9 Å². The van der Waals surface area contributed by atoms with Crippen molar-refractivity contribution in [2.45, 2.75) is 26.1 Å². The molecule has 116 valence electrons. The summed E-state index contributed by atoms with van der Waals surface area (Å²) in [6, 6.07) is 5.00. The van der Waals surface area contributed by atoms with Crippen LogP contribution in [0.5, 0.6) is 5.88 Å². The van der Waals surface area contributed by atoms with Gasteiger partial charge in [0.05, 0.1) is 0 Å². The fraction of sp³-hybridized carbons (Fsp3) is 0.333. The number of nitrogens with zero attached hydrogens (tertiary/aromatic N) is 3. The zero-order valence-electron chi connectivity index (χ0n) is 12.2. The molecule has 7 heteroatoms. The topological polar surface area (TPSA) is 47.4 Å². The standard InChI is InChI=1S/C15H15F2N3O2/c1-9-7-20-14(19(9)2)6-13(18-15(20)21)22-8-10-3-11(16)5-12(17)4-10/h3-6,9H,7-8H2,1-2H3. The summed E-state index contributed by atoms with van der Waals surface area (Å²) in [5.41, 5.74) is -0.0595. The summed E-state index contributed by atoms with van der Waals surface area (Å²) in [7, 11) is 1.88. The molecule has 0 amide bonds. The van der Waals surface area contributed by atoms with Gasteiger partial charge in [-0.2, -0.15) is 4.98 Å². The average molecular weight is 307 g/mol. The van der Waals surface area contributed by atoms with E-state index in [4.69, 9.17) is 4.74 Å². The van der Waals surface area contributed by atoms with Crippen molar-refractivity contribution in [2.24, 2.45) is 0 Å². The van der Waals surface area contributed by atoms with Gasteiger partial charge in [-0.15, -0.1) is 0 Å². The van der Waals surface area contributed by atoms with E-state index in [1.165, 1.54) is 12.1 Å². The van der Waals surface area contributed by atoms with Crippen LogP contribution in [0, 0.1) is 11.6 Å². The van der Waals surface area contributed by atoms with E-state index in [0.717, 1.165) is 6.07 Å². The second-order valence-corrected chi connectivity index (χ2v) is 5.37. The second kappa shape index (κ2) is 5.40. The maximum absolute atomic E-state index is 13.1. The smallest absolute Gasteiger partial charge is 0.352 e. The number of aromatic nitrogens is 2. The minimum Gasteiger partial charge on any atom is -0.473 e. The van der Waals surface area contributed by atoms with Gasteiger partial charge in [0, 0.05) is 31.8 Å². The van der Waals surface area contributed by atoms with Crippen LogP contribution in [-0.2, 0) is 13.2 Å². The highest BCUT2D eigenvalue weighted by atomic mass is 19.1. The van der Waals surface area contributed by atoms with Crippen molar-refractivity contribution < 1.29 is 13.5 Å². The molecule has 0 radical (unpaired) electrons. The maximum Gasteiger partial charge on any atom is 0.352 e. The van der Waals surface area contributed by atoms with Gasteiger partial charge < -0.3 is 9.64 Å². The second-order valence-electron chi connectivity index (χ2n) is 5.37. The molecular weight excluding hydrogens is 292 g/mol. The Balaban J connectivity index is 1.82. The van der Waals surface area contributed by atoms with E-state index in [9.17, 15) is 13.6 Å². The molecule has 22 heavy (non-hydrogen) atoms. The lowest BCUT2D eigenvalue weighted by atomic mass is 10.2. The molecule has 0 aliphatic carbocycles. The Morgan fingerprint density at radius 1 is 1.27 bits per heavy atom. The molecule has 5 nitrogen and oxygen atoms in total. The zero-order chi connectivity index (χ0) is 15.9. The van der Waals surface area contributed by atoms with E-state index >= 15 is 0 Å². The molecule has 1 aliphatic rings. The fourth-order valence-electron chi connectivity index (χ4n) is 2.48. The van der Waals surface area contributed by atoms with E-state index in [2.05, 4.69) is 4.98 Å². The first-order valence-corrected chi connectivity index (χ1v) is 6.86. The van der Waals surface area contributed by atoms with Gasteiger partial charge >= 0.3 is 5.69 Å². The first kappa shape index (κ1) is 14.5. The minimum absolute atomic E-state index is 0.0656. The molecule has 1 atom stereocenters. The van der Waals surface area contributed by atoms with Crippen molar-refractivity contribution in [1.82, 2.24) is 9.55 Å². The van der Waals surface area contributed by atoms with Gasteiger partial charge in [0.15, 0.2) is 0 Å². The molecule has 0 saturated carbocycles. The number of rotatable bonds is 3. The predicted molar refractivity (Wildman–Crippen MR) is 77.1 cm³/mol. The summed E-state index contributed by atoms with van der Waals surface area (Å²) in [5.74, 6) is -0.488. The Labute approximate surface area is 125 Å². The SMILES string of the molecule is CC1Cn2c(cc(OCc3cc(F)cc(F)c3)nc2=O)N1C. The quantitative estimate of drug-likeness (QED) is 0.869. The molecule has 1 aromatic carbocycles. The fourth-order valence-corrected chi connectivity index (χ4v) is 2.48. The Hall–Kier alpha value is -2.44. The normalized spacial score (nSPS) is 16.7. The number of ether oxygens (including phenoxy) is 1. The summed E-state index contributed by atoms with van der Waals surface area (Å²) in [6.45, 7) is 2.51. The average Bonchev–Trinajstić information content (AvgIpc) is 2.73. The van der Waals surface area contributed by atoms with E-state index in [1.54, 1.807) is 10.6 Å². The lowest BCUT2D eigenvalue weighted by Crippen LogP contribution is -2.23. The molecule has 3 rings (SSSR count). The Kier molecular flexibility index (Phi) is 3.56. The van der Waals surface area contributed by atoms with E-state index in [0.29, 0.717) is 17.9 Å². The summed E-state index contributed by atoms with van der Waals surface area (Å²) < 4.78 is 33.2. The van der Waals surface area contributed by atoms with Crippen LogP contribution in [0.1, 0.15) is 12.5 Å². The van der Waals surface area contributed by atoms with Gasteiger partial charge in [0.2, 0.25) is 5.88 Å². The Bertz CT molecular complexity index is 756. The summed E-state index contributed by atoms with van der Waals surface area (Å²) >= 11 is 0. The van der Waals surface area contributed by atoms with Crippen LogP contribution >= 0.6 is 0 Å². The number of hydrogen-bond acceptors (Lipinski definition) is 4. The molecule has 1 unspecified atom stereocenters. The van der Waals surface area contributed by atoms with Crippen LogP contribution in [-0.4, -0.2) is 22.6 Å². The molecule has 0 saturated heterocycles. The van der Waals surface area contributed by atoms with Crippen molar-refractivity contribution >= 4 is 5.82 Å². The molecule has 1 aliphatic heterocycles. The molecule has 1 aromatic heterocycles. The molecule has 2 heterocycles. The highest BCUT2D eigenvalue weighted by Crippen LogP contribution is 2.24. The lowest BCUT2D eigenvalue weighted by molar-refractivity contribution is 0.290. The Morgan fingerprint density at radius 3 is 2.64 bits per heavy atom. The largest absolute Gasteiger partial charge is 0.473 e. The third kappa shape index (κ3) is 2.66. The van der Waals surface area contributed by atoms with Gasteiger partial charge in [-0.1, -0.05) is 0 Å². The van der Waals surface area contributed by atoms with E-state index in [-0.39, 0.29) is 18.5 Å². The molecule has 0 bridgehead atoms. The van der Waals surface area contributed by atoms with Crippen molar-refractivity contribution in [3.8, 4) is 5.88 Å². The third-order valence-electron chi connectivity index (χ3n) is 3.74. The van der Waals surface area contributed by atoms with Crippen LogP contribution in [0.4, 0.5) is 14.6 Å². The monoisotopic (exact) mass is 307 g/mol. The van der Waals surface area contributed by atoms with Crippen LogP contribution in [0.2, 0.25) is 0 Å². The third-order valence-corrected chi connectivity index (χ3v) is 3.74. The summed E-state index contributed by atoms with van der Waals surface area (Å²) in [5, 5.41) is 0. The molecular formula is C15H15F2N3O2. The van der Waals surface area contributed by atoms with Crippen LogP contribution < -0.4 is 15.3 Å². The summed E-state index contributed by atoms with van der Waals surface area (Å²) in [4.78, 5) is 17.8. The van der Waals surface area contributed by atoms with Gasteiger partial charge in [-0.05, 0) is 24.6 Å².